The van der Waals surface area contributed by atoms with Gasteiger partial charge in [-0.25, -0.2) is 8.42 Å². The van der Waals surface area contributed by atoms with Crippen LogP contribution in [-0.2, 0) is 10.0 Å². The van der Waals surface area contributed by atoms with E-state index in [1.54, 1.807) is 31.3 Å². The average Bonchev–Trinajstić information content (AvgIpc) is 2.54. The first kappa shape index (κ1) is 14.8. The van der Waals surface area contributed by atoms with Crippen molar-refractivity contribution in [3.05, 3.63) is 48.3 Å². The molecule has 1 aromatic heterocycles. The fourth-order valence-electron chi connectivity index (χ4n) is 1.85. The third kappa shape index (κ3) is 2.80. The van der Waals surface area contributed by atoms with E-state index in [2.05, 4.69) is 10.3 Å². The van der Waals surface area contributed by atoms with Gasteiger partial charge in [-0.05, 0) is 24.3 Å². The Labute approximate surface area is 123 Å². The number of hydrogen-bond donors (Lipinski definition) is 1. The van der Waals surface area contributed by atoms with Gasteiger partial charge < -0.3 is 5.32 Å². The number of sulfonamides is 1. The second-order valence-electron chi connectivity index (χ2n) is 4.26. The Kier molecular flexibility index (Phi) is 4.10. The van der Waals surface area contributed by atoms with Crippen LogP contribution in [0.1, 0.15) is 5.56 Å². The van der Waals surface area contributed by atoms with Crippen molar-refractivity contribution in [1.29, 1.82) is 5.26 Å². The summed E-state index contributed by atoms with van der Waals surface area (Å²) >= 11 is 0. The van der Waals surface area contributed by atoms with Crippen LogP contribution in [0.4, 0.5) is 11.4 Å². The highest BCUT2D eigenvalue weighted by atomic mass is 32.2. The Morgan fingerprint density at radius 1 is 1.33 bits per heavy atom. The SMILES string of the molecule is CNc1ccncc1S(=O)(=O)N(C)c1cccc(C#N)c1. The van der Waals surface area contributed by atoms with Gasteiger partial charge in [0.25, 0.3) is 10.0 Å². The van der Waals surface area contributed by atoms with Crippen LogP contribution in [0, 0.1) is 11.3 Å². The van der Waals surface area contributed by atoms with Crippen molar-refractivity contribution in [2.24, 2.45) is 0 Å². The zero-order valence-electron chi connectivity index (χ0n) is 11.6. The molecule has 0 aliphatic rings. The van der Waals surface area contributed by atoms with Crippen molar-refractivity contribution in [1.82, 2.24) is 4.98 Å². The smallest absolute Gasteiger partial charge is 0.267 e. The average molecular weight is 302 g/mol. The number of nitriles is 1. The van der Waals surface area contributed by atoms with Crippen LogP contribution < -0.4 is 9.62 Å². The van der Waals surface area contributed by atoms with E-state index < -0.39 is 10.0 Å². The largest absolute Gasteiger partial charge is 0.387 e. The van der Waals surface area contributed by atoms with Gasteiger partial charge in [-0.1, -0.05) is 6.07 Å². The standard InChI is InChI=1S/C14H14N4O2S/c1-16-13-6-7-17-10-14(13)21(19,20)18(2)12-5-3-4-11(8-12)9-15/h3-8,10H,1-2H3,(H,16,17). The third-order valence-electron chi connectivity index (χ3n) is 3.03. The van der Waals surface area contributed by atoms with Crippen molar-refractivity contribution < 1.29 is 8.42 Å². The van der Waals surface area contributed by atoms with Crippen molar-refractivity contribution in [2.45, 2.75) is 4.90 Å². The Hall–Kier alpha value is -2.59. The molecule has 1 aromatic carbocycles. The van der Waals surface area contributed by atoms with Gasteiger partial charge in [-0.3, -0.25) is 9.29 Å². The molecule has 1 heterocycles. The van der Waals surface area contributed by atoms with Gasteiger partial charge in [-0.15, -0.1) is 0 Å². The quantitative estimate of drug-likeness (QED) is 0.931. The molecule has 21 heavy (non-hydrogen) atoms. The summed E-state index contributed by atoms with van der Waals surface area (Å²) in [4.78, 5) is 3.95. The Morgan fingerprint density at radius 2 is 2.10 bits per heavy atom. The molecule has 0 amide bonds. The molecule has 108 valence electrons. The van der Waals surface area contributed by atoms with Crippen LogP contribution in [0.5, 0.6) is 0 Å². The number of rotatable bonds is 4. The lowest BCUT2D eigenvalue weighted by atomic mass is 10.2. The molecule has 6 nitrogen and oxygen atoms in total. The van der Waals surface area contributed by atoms with Gasteiger partial charge in [0.15, 0.2) is 0 Å². The number of aromatic nitrogens is 1. The normalized spacial score (nSPS) is 10.7. The molecule has 2 rings (SSSR count). The maximum absolute atomic E-state index is 12.7. The molecule has 0 saturated carbocycles. The highest BCUT2D eigenvalue weighted by Gasteiger charge is 2.24. The molecule has 0 atom stereocenters. The summed E-state index contributed by atoms with van der Waals surface area (Å²) < 4.78 is 26.5. The molecule has 0 radical (unpaired) electrons. The van der Waals surface area contributed by atoms with Crippen molar-refractivity contribution in [3.8, 4) is 6.07 Å². The van der Waals surface area contributed by atoms with Crippen LogP contribution in [-0.4, -0.2) is 27.5 Å². The van der Waals surface area contributed by atoms with E-state index in [1.165, 1.54) is 25.5 Å². The Balaban J connectivity index is 2.50. The monoisotopic (exact) mass is 302 g/mol. The first-order valence-corrected chi connectivity index (χ1v) is 7.55. The van der Waals surface area contributed by atoms with Gasteiger partial charge >= 0.3 is 0 Å². The van der Waals surface area contributed by atoms with Gasteiger partial charge in [0.2, 0.25) is 0 Å². The van der Waals surface area contributed by atoms with E-state index in [0.717, 1.165) is 4.31 Å². The molecule has 0 fully saturated rings. The third-order valence-corrected chi connectivity index (χ3v) is 4.84. The van der Waals surface area contributed by atoms with E-state index in [0.29, 0.717) is 16.9 Å². The molecule has 0 bridgehead atoms. The maximum Gasteiger partial charge on any atom is 0.267 e. The molecule has 2 aromatic rings. The van der Waals surface area contributed by atoms with Crippen molar-refractivity contribution in [2.75, 3.05) is 23.7 Å². The summed E-state index contributed by atoms with van der Waals surface area (Å²) in [5, 5.41) is 11.7. The summed E-state index contributed by atoms with van der Waals surface area (Å²) in [6.45, 7) is 0. The van der Waals surface area contributed by atoms with Crippen LogP contribution in [0.25, 0.3) is 0 Å². The number of anilines is 2. The summed E-state index contributed by atoms with van der Waals surface area (Å²) in [5.74, 6) is 0. The number of nitrogens with one attached hydrogen (secondary N) is 1. The second-order valence-corrected chi connectivity index (χ2v) is 6.19. The van der Waals surface area contributed by atoms with Gasteiger partial charge in [0.05, 0.1) is 23.0 Å². The second kappa shape index (κ2) is 5.81. The van der Waals surface area contributed by atoms with Gasteiger partial charge in [0, 0.05) is 26.5 Å². The number of hydrogen-bond acceptors (Lipinski definition) is 5. The van der Waals surface area contributed by atoms with Crippen molar-refractivity contribution in [3.63, 3.8) is 0 Å². The minimum absolute atomic E-state index is 0.0809. The lowest BCUT2D eigenvalue weighted by molar-refractivity contribution is 0.594. The molecule has 0 spiro atoms. The van der Waals surface area contributed by atoms with Crippen LogP contribution in [0.15, 0.2) is 47.6 Å². The molecule has 1 N–H and O–H groups in total. The van der Waals surface area contributed by atoms with Crippen LogP contribution in [0.2, 0.25) is 0 Å². The summed E-state index contributed by atoms with van der Waals surface area (Å²) in [6.07, 6.45) is 2.81. The summed E-state index contributed by atoms with van der Waals surface area (Å²) in [6, 6.07) is 9.99. The zero-order chi connectivity index (χ0) is 15.5. The summed E-state index contributed by atoms with van der Waals surface area (Å²) in [5.41, 5.74) is 1.28. The molecule has 0 aliphatic carbocycles. The van der Waals surface area contributed by atoms with Gasteiger partial charge in [0.1, 0.15) is 4.90 Å². The molecular weight excluding hydrogens is 288 g/mol. The molecule has 0 saturated heterocycles. The predicted molar refractivity (Wildman–Crippen MR) is 80.5 cm³/mol. The highest BCUT2D eigenvalue weighted by molar-refractivity contribution is 7.93. The Morgan fingerprint density at radius 3 is 2.76 bits per heavy atom. The van der Waals surface area contributed by atoms with E-state index in [4.69, 9.17) is 5.26 Å². The lowest BCUT2D eigenvalue weighted by Crippen LogP contribution is -2.27. The molecule has 7 heteroatoms. The number of nitrogens with zero attached hydrogens (tertiary/aromatic N) is 3. The lowest BCUT2D eigenvalue weighted by Gasteiger charge is -2.21. The molecule has 0 unspecified atom stereocenters. The minimum atomic E-state index is -3.76. The summed E-state index contributed by atoms with van der Waals surface area (Å²) in [7, 11) is -0.675. The van der Waals surface area contributed by atoms with E-state index in [-0.39, 0.29) is 4.90 Å². The first-order valence-electron chi connectivity index (χ1n) is 6.11. The van der Waals surface area contributed by atoms with E-state index in [1.807, 2.05) is 6.07 Å². The number of pyridine rings is 1. The topological polar surface area (TPSA) is 86.1 Å². The first-order chi connectivity index (χ1) is 10.0. The number of benzene rings is 1. The zero-order valence-corrected chi connectivity index (χ0v) is 12.4. The van der Waals surface area contributed by atoms with E-state index in [9.17, 15) is 8.42 Å². The molecule has 0 aliphatic heterocycles. The minimum Gasteiger partial charge on any atom is -0.387 e. The van der Waals surface area contributed by atoms with Crippen LogP contribution >= 0.6 is 0 Å². The van der Waals surface area contributed by atoms with Gasteiger partial charge in [-0.2, -0.15) is 5.26 Å². The predicted octanol–water partition coefficient (Wildman–Crippen LogP) is 1.82. The van der Waals surface area contributed by atoms with E-state index >= 15 is 0 Å². The fourth-order valence-corrected chi connectivity index (χ4v) is 3.18. The Bertz CT molecular complexity index is 797. The fraction of sp³-hybridized carbons (Fsp3) is 0.143. The molecular formula is C14H14N4O2S. The highest BCUT2D eigenvalue weighted by Crippen LogP contribution is 2.26. The maximum atomic E-state index is 12.7. The van der Waals surface area contributed by atoms with Crippen LogP contribution in [0.3, 0.4) is 0 Å². The van der Waals surface area contributed by atoms with Crippen molar-refractivity contribution >= 4 is 21.4 Å².